The van der Waals surface area contributed by atoms with E-state index < -0.39 is 0 Å². The number of nitrogens with one attached hydrogen (secondary N) is 1. The van der Waals surface area contributed by atoms with Crippen LogP contribution in [-0.2, 0) is 6.54 Å². The van der Waals surface area contributed by atoms with Gasteiger partial charge in [-0.25, -0.2) is 9.61 Å². The molecule has 0 spiro atoms. The van der Waals surface area contributed by atoms with Gasteiger partial charge in [0.15, 0.2) is 5.01 Å². The molecule has 23 heavy (non-hydrogen) atoms. The Kier molecular flexibility index (Phi) is 4.93. The van der Waals surface area contributed by atoms with Crippen molar-refractivity contribution in [2.24, 2.45) is 0 Å². The third-order valence-electron chi connectivity index (χ3n) is 4.21. The average molecular weight is 356 g/mol. The summed E-state index contributed by atoms with van der Waals surface area (Å²) in [6.45, 7) is 5.63. The number of rotatable bonds is 4. The van der Waals surface area contributed by atoms with Crippen molar-refractivity contribution >= 4 is 28.8 Å². The van der Waals surface area contributed by atoms with Gasteiger partial charge in [-0.15, -0.1) is 0 Å². The van der Waals surface area contributed by atoms with Crippen LogP contribution in [0, 0.1) is 6.92 Å². The Balaban J connectivity index is 1.64. The largest absolute Gasteiger partial charge is 0.346 e. The highest BCUT2D eigenvalue weighted by molar-refractivity contribution is 7.17. The Bertz CT molecular complexity index is 688. The summed E-state index contributed by atoms with van der Waals surface area (Å²) < 4.78 is 5.27. The maximum absolute atomic E-state index is 12.3. The Morgan fingerprint density at radius 3 is 3.04 bits per heavy atom. The first-order valence-electron chi connectivity index (χ1n) is 7.49. The summed E-state index contributed by atoms with van der Waals surface area (Å²) in [6.07, 6.45) is 3.45. The minimum Gasteiger partial charge on any atom is -0.346 e. The van der Waals surface area contributed by atoms with Crippen LogP contribution < -0.4 is 5.32 Å². The van der Waals surface area contributed by atoms with Gasteiger partial charge in [-0.2, -0.15) is 0 Å². The highest BCUT2D eigenvalue weighted by atomic mass is 35.5. The molecule has 1 aliphatic rings. The van der Waals surface area contributed by atoms with Crippen molar-refractivity contribution in [1.29, 1.82) is 0 Å². The second-order valence-electron chi connectivity index (χ2n) is 5.70. The second-order valence-corrected chi connectivity index (χ2v) is 7.36. The lowest BCUT2D eigenvalue weighted by molar-refractivity contribution is 0.0809. The fourth-order valence-electron chi connectivity index (χ4n) is 2.80. The molecule has 7 nitrogen and oxygen atoms in total. The van der Waals surface area contributed by atoms with Crippen LogP contribution in [0.2, 0.25) is 4.34 Å². The van der Waals surface area contributed by atoms with Gasteiger partial charge in [0.05, 0.1) is 6.20 Å². The van der Waals surface area contributed by atoms with Gasteiger partial charge >= 0.3 is 0 Å². The molecular weight excluding hydrogens is 338 g/mol. The van der Waals surface area contributed by atoms with Crippen LogP contribution in [0.25, 0.3) is 0 Å². The van der Waals surface area contributed by atoms with Crippen molar-refractivity contribution in [2.45, 2.75) is 45.3 Å². The number of aryl methyl sites for hydroxylation is 1. The van der Waals surface area contributed by atoms with E-state index >= 15 is 0 Å². The zero-order chi connectivity index (χ0) is 16.4. The maximum atomic E-state index is 12.3. The predicted molar refractivity (Wildman–Crippen MR) is 86.5 cm³/mol. The number of aromatic nitrogens is 3. The number of hydrogen-bond donors (Lipinski definition) is 1. The molecule has 2 aromatic rings. The standard InChI is InChI=1S/C14H18ClN5O2S/c1-8-11(19-22-18-8)7-20-5-3-4-10(9(20)2)17-13(21)14-16-6-12(15)23-14/h6,9-10H,3-5,7H2,1-2H3,(H,17,21). The molecular formula is C14H18ClN5O2S. The van der Waals surface area contributed by atoms with E-state index in [4.69, 9.17) is 16.2 Å². The van der Waals surface area contributed by atoms with Crippen LogP contribution in [0.15, 0.2) is 10.8 Å². The summed E-state index contributed by atoms with van der Waals surface area (Å²) in [7, 11) is 0. The number of piperidine rings is 1. The van der Waals surface area contributed by atoms with Gasteiger partial charge in [-0.1, -0.05) is 33.3 Å². The van der Waals surface area contributed by atoms with Crippen LogP contribution in [0.4, 0.5) is 0 Å². The van der Waals surface area contributed by atoms with Gasteiger partial charge in [-0.3, -0.25) is 9.69 Å². The van der Waals surface area contributed by atoms with Crippen molar-refractivity contribution in [3.05, 3.63) is 26.9 Å². The lowest BCUT2D eigenvalue weighted by Crippen LogP contribution is -2.53. The van der Waals surface area contributed by atoms with Crippen molar-refractivity contribution in [3.8, 4) is 0 Å². The van der Waals surface area contributed by atoms with E-state index in [9.17, 15) is 4.79 Å². The fraction of sp³-hybridized carbons (Fsp3) is 0.571. The molecule has 0 aliphatic carbocycles. The van der Waals surface area contributed by atoms with Gasteiger partial charge in [0.25, 0.3) is 5.91 Å². The Hall–Kier alpha value is -1.51. The summed E-state index contributed by atoms with van der Waals surface area (Å²) in [4.78, 5) is 18.6. The molecule has 9 heteroatoms. The molecule has 1 N–H and O–H groups in total. The molecule has 3 rings (SSSR count). The van der Waals surface area contributed by atoms with E-state index in [0.29, 0.717) is 15.9 Å². The van der Waals surface area contributed by atoms with E-state index in [2.05, 4.69) is 32.4 Å². The molecule has 1 saturated heterocycles. The van der Waals surface area contributed by atoms with Crippen molar-refractivity contribution < 1.29 is 9.42 Å². The van der Waals surface area contributed by atoms with E-state index in [1.165, 1.54) is 17.5 Å². The fourth-order valence-corrected chi connectivity index (χ4v) is 3.62. The monoisotopic (exact) mass is 355 g/mol. The van der Waals surface area contributed by atoms with Gasteiger partial charge in [0.1, 0.15) is 15.7 Å². The Morgan fingerprint density at radius 1 is 1.57 bits per heavy atom. The topological polar surface area (TPSA) is 84.2 Å². The molecule has 3 heterocycles. The summed E-state index contributed by atoms with van der Waals surface area (Å²) in [5.74, 6) is -0.167. The molecule has 2 aromatic heterocycles. The van der Waals surface area contributed by atoms with Gasteiger partial charge in [0.2, 0.25) is 0 Å². The summed E-state index contributed by atoms with van der Waals surface area (Å²) >= 11 is 7.03. The summed E-state index contributed by atoms with van der Waals surface area (Å²) in [5.41, 5.74) is 1.65. The maximum Gasteiger partial charge on any atom is 0.280 e. The molecule has 0 bridgehead atoms. The van der Waals surface area contributed by atoms with Gasteiger partial charge in [-0.05, 0) is 33.2 Å². The number of carbonyl (C=O) groups is 1. The van der Waals surface area contributed by atoms with Crippen molar-refractivity contribution in [1.82, 2.24) is 25.5 Å². The van der Waals surface area contributed by atoms with Gasteiger partial charge in [0, 0.05) is 18.6 Å². The number of amides is 1. The molecule has 2 unspecified atom stereocenters. The number of carbonyl (C=O) groups excluding carboxylic acids is 1. The third kappa shape index (κ3) is 3.70. The molecule has 0 saturated carbocycles. The lowest BCUT2D eigenvalue weighted by Gasteiger charge is -2.39. The Labute approximate surface area is 143 Å². The van der Waals surface area contributed by atoms with Crippen LogP contribution in [-0.4, -0.2) is 44.7 Å². The average Bonchev–Trinajstić information content (AvgIpc) is 3.12. The van der Waals surface area contributed by atoms with E-state index in [0.717, 1.165) is 30.8 Å². The lowest BCUT2D eigenvalue weighted by atomic mass is 9.97. The quantitative estimate of drug-likeness (QED) is 0.905. The zero-order valence-electron chi connectivity index (χ0n) is 13.0. The zero-order valence-corrected chi connectivity index (χ0v) is 14.5. The third-order valence-corrected chi connectivity index (χ3v) is 5.32. The van der Waals surface area contributed by atoms with E-state index in [-0.39, 0.29) is 18.0 Å². The summed E-state index contributed by atoms with van der Waals surface area (Å²) in [5, 5.41) is 11.2. The molecule has 0 aromatic carbocycles. The molecule has 2 atom stereocenters. The summed E-state index contributed by atoms with van der Waals surface area (Å²) in [6, 6.07) is 0.262. The Morgan fingerprint density at radius 2 is 2.39 bits per heavy atom. The predicted octanol–water partition coefficient (Wildman–Crippen LogP) is 2.27. The highest BCUT2D eigenvalue weighted by Gasteiger charge is 2.30. The molecule has 0 radical (unpaired) electrons. The van der Waals surface area contributed by atoms with E-state index in [1.54, 1.807) is 0 Å². The number of thiazole rings is 1. The van der Waals surface area contributed by atoms with Crippen LogP contribution in [0.5, 0.6) is 0 Å². The molecule has 124 valence electrons. The first-order chi connectivity index (χ1) is 11.0. The normalized spacial score (nSPS) is 22.2. The number of nitrogens with zero attached hydrogens (tertiary/aromatic N) is 4. The molecule has 1 fully saturated rings. The minimum atomic E-state index is -0.167. The number of hydrogen-bond acceptors (Lipinski definition) is 7. The molecule has 1 aliphatic heterocycles. The minimum absolute atomic E-state index is 0.0686. The smallest absolute Gasteiger partial charge is 0.280 e. The number of halogens is 1. The van der Waals surface area contributed by atoms with E-state index in [1.807, 2.05) is 6.92 Å². The second kappa shape index (κ2) is 6.94. The van der Waals surface area contributed by atoms with Crippen LogP contribution >= 0.6 is 22.9 Å². The van der Waals surface area contributed by atoms with Crippen LogP contribution in [0.3, 0.4) is 0 Å². The number of likely N-dealkylation sites (tertiary alicyclic amines) is 1. The first-order valence-corrected chi connectivity index (χ1v) is 8.68. The highest BCUT2D eigenvalue weighted by Crippen LogP contribution is 2.22. The first kappa shape index (κ1) is 16.4. The SMILES string of the molecule is Cc1nonc1CN1CCCC(NC(=O)c2ncc(Cl)s2)C1C. The van der Waals surface area contributed by atoms with Crippen molar-refractivity contribution in [2.75, 3.05) is 6.54 Å². The van der Waals surface area contributed by atoms with Crippen molar-refractivity contribution in [3.63, 3.8) is 0 Å². The van der Waals surface area contributed by atoms with Crippen LogP contribution in [0.1, 0.15) is 41.0 Å². The molecule has 1 amide bonds. The van der Waals surface area contributed by atoms with Gasteiger partial charge < -0.3 is 5.32 Å².